The molecule has 0 saturated heterocycles. The van der Waals surface area contributed by atoms with Gasteiger partial charge in [-0.2, -0.15) is 0 Å². The van der Waals surface area contributed by atoms with Crippen molar-refractivity contribution in [3.05, 3.63) is 41.4 Å². The van der Waals surface area contributed by atoms with Crippen LogP contribution in [0.1, 0.15) is 24.8 Å². The van der Waals surface area contributed by atoms with Gasteiger partial charge in [0.1, 0.15) is 5.75 Å². The van der Waals surface area contributed by atoms with Crippen LogP contribution in [0.4, 0.5) is 0 Å². The van der Waals surface area contributed by atoms with Crippen molar-refractivity contribution in [2.45, 2.75) is 25.7 Å². The minimum absolute atomic E-state index is 0.728. The molecule has 0 fully saturated rings. The van der Waals surface area contributed by atoms with Gasteiger partial charge in [-0.3, -0.25) is 0 Å². The highest BCUT2D eigenvalue weighted by atomic mass is 35.5. The largest absolute Gasteiger partial charge is 0.493 e. The van der Waals surface area contributed by atoms with Gasteiger partial charge in [-0.25, -0.2) is 9.59 Å². The summed E-state index contributed by atoms with van der Waals surface area (Å²) in [4.78, 5) is 18.2. The number of methoxy groups -OCH3 is 1. The minimum atomic E-state index is -1.82. The standard InChI is InChI=1S/C17H26ClNO2.C2H2O4/c1-3-7-15-14-16(18)8-9-17(15)21-13-5-4-10-19-11-6-12-20-2;3-1(4)2(5)6/h3,8-9,14,19H,1,4-7,10-13H2,2H3;(H,3,4)(H,5,6). The first-order chi connectivity index (χ1) is 12.9. The highest BCUT2D eigenvalue weighted by Crippen LogP contribution is 2.23. The van der Waals surface area contributed by atoms with E-state index in [2.05, 4.69) is 11.9 Å². The molecular weight excluding hydrogens is 374 g/mol. The third kappa shape index (κ3) is 13.7. The maximum atomic E-state index is 9.10. The van der Waals surface area contributed by atoms with Crippen LogP contribution in [0, 0.1) is 0 Å². The van der Waals surface area contributed by atoms with E-state index in [9.17, 15) is 0 Å². The Kier molecular flexibility index (Phi) is 14.9. The molecule has 27 heavy (non-hydrogen) atoms. The van der Waals surface area contributed by atoms with Crippen LogP contribution in [0.5, 0.6) is 5.75 Å². The molecule has 7 nitrogen and oxygen atoms in total. The van der Waals surface area contributed by atoms with E-state index in [1.165, 1.54) is 0 Å². The molecule has 8 heteroatoms. The van der Waals surface area contributed by atoms with Crippen molar-refractivity contribution in [2.24, 2.45) is 0 Å². The average molecular weight is 402 g/mol. The molecule has 1 aromatic rings. The Morgan fingerprint density at radius 1 is 1.15 bits per heavy atom. The number of nitrogens with one attached hydrogen (secondary N) is 1. The van der Waals surface area contributed by atoms with E-state index in [0.29, 0.717) is 0 Å². The summed E-state index contributed by atoms with van der Waals surface area (Å²) in [7, 11) is 1.73. The number of rotatable bonds is 12. The number of carboxylic acid groups (broad SMARTS) is 2. The van der Waals surface area contributed by atoms with E-state index in [0.717, 1.165) is 68.3 Å². The first-order valence-electron chi connectivity index (χ1n) is 8.60. The summed E-state index contributed by atoms with van der Waals surface area (Å²) in [5, 5.41) is 18.9. The summed E-state index contributed by atoms with van der Waals surface area (Å²) in [5.74, 6) is -2.74. The van der Waals surface area contributed by atoms with E-state index in [4.69, 9.17) is 40.9 Å². The summed E-state index contributed by atoms with van der Waals surface area (Å²) in [6, 6.07) is 5.74. The predicted molar refractivity (Wildman–Crippen MR) is 105 cm³/mol. The fourth-order valence-corrected chi connectivity index (χ4v) is 2.20. The van der Waals surface area contributed by atoms with Gasteiger partial charge in [-0.1, -0.05) is 17.7 Å². The van der Waals surface area contributed by atoms with Crippen molar-refractivity contribution >= 4 is 23.5 Å². The summed E-state index contributed by atoms with van der Waals surface area (Å²) in [6.07, 6.45) is 5.84. The average Bonchev–Trinajstić information content (AvgIpc) is 2.62. The van der Waals surface area contributed by atoms with Crippen LogP contribution in [0.25, 0.3) is 0 Å². The molecule has 0 aliphatic heterocycles. The molecule has 0 bridgehead atoms. The van der Waals surface area contributed by atoms with Crippen LogP contribution in [0.15, 0.2) is 30.9 Å². The van der Waals surface area contributed by atoms with Crippen molar-refractivity contribution in [3.8, 4) is 5.75 Å². The van der Waals surface area contributed by atoms with Crippen LogP contribution in [-0.2, 0) is 20.7 Å². The third-order valence-corrected chi connectivity index (χ3v) is 3.51. The van der Waals surface area contributed by atoms with E-state index < -0.39 is 11.9 Å². The van der Waals surface area contributed by atoms with E-state index >= 15 is 0 Å². The number of carboxylic acids is 2. The molecule has 0 aromatic heterocycles. The Morgan fingerprint density at radius 2 is 1.81 bits per heavy atom. The Balaban J connectivity index is 0.000000972. The Hall–Kier alpha value is -2.09. The minimum Gasteiger partial charge on any atom is -0.493 e. The number of hydrogen-bond acceptors (Lipinski definition) is 5. The lowest BCUT2D eigenvalue weighted by Gasteiger charge is -2.11. The van der Waals surface area contributed by atoms with Gasteiger partial charge in [-0.05, 0) is 62.5 Å². The number of hydrogen-bond donors (Lipinski definition) is 3. The number of halogens is 1. The smallest absolute Gasteiger partial charge is 0.414 e. The monoisotopic (exact) mass is 401 g/mol. The number of benzene rings is 1. The van der Waals surface area contributed by atoms with Gasteiger partial charge in [0.15, 0.2) is 0 Å². The second-order valence-electron chi connectivity index (χ2n) is 5.51. The number of allylic oxidation sites excluding steroid dienone is 1. The second-order valence-corrected chi connectivity index (χ2v) is 5.94. The van der Waals surface area contributed by atoms with E-state index in [-0.39, 0.29) is 0 Å². The van der Waals surface area contributed by atoms with Crippen molar-refractivity contribution in [1.82, 2.24) is 5.32 Å². The molecule has 0 amide bonds. The summed E-state index contributed by atoms with van der Waals surface area (Å²) in [6.45, 7) is 7.34. The molecule has 3 N–H and O–H groups in total. The SMILES string of the molecule is C=CCc1cc(Cl)ccc1OCCCCNCCCOC.O=C(O)C(=O)O. The topological polar surface area (TPSA) is 105 Å². The van der Waals surface area contributed by atoms with Crippen LogP contribution < -0.4 is 10.1 Å². The number of ether oxygens (including phenoxy) is 2. The lowest BCUT2D eigenvalue weighted by atomic mass is 10.1. The van der Waals surface area contributed by atoms with Crippen LogP contribution in [-0.4, -0.2) is 55.6 Å². The molecule has 1 rings (SSSR count). The molecule has 0 radical (unpaired) electrons. The fraction of sp³-hybridized carbons (Fsp3) is 0.474. The van der Waals surface area contributed by atoms with Gasteiger partial charge in [0.2, 0.25) is 0 Å². The molecule has 0 aliphatic rings. The van der Waals surface area contributed by atoms with Gasteiger partial charge in [0.25, 0.3) is 0 Å². The number of carbonyl (C=O) groups is 2. The summed E-state index contributed by atoms with van der Waals surface area (Å²) < 4.78 is 10.8. The van der Waals surface area contributed by atoms with Gasteiger partial charge in [-0.15, -0.1) is 6.58 Å². The lowest BCUT2D eigenvalue weighted by Crippen LogP contribution is -2.18. The molecular formula is C19H28ClNO6. The van der Waals surface area contributed by atoms with E-state index in [1.54, 1.807) is 7.11 Å². The Morgan fingerprint density at radius 3 is 2.41 bits per heavy atom. The predicted octanol–water partition coefficient (Wildman–Crippen LogP) is 3.01. The molecule has 0 spiro atoms. The highest BCUT2D eigenvalue weighted by molar-refractivity contribution is 6.30. The normalized spacial score (nSPS) is 9.85. The van der Waals surface area contributed by atoms with Crippen LogP contribution in [0.3, 0.4) is 0 Å². The molecule has 0 atom stereocenters. The Bertz CT molecular complexity index is 567. The summed E-state index contributed by atoms with van der Waals surface area (Å²) in [5.41, 5.74) is 1.09. The zero-order chi connectivity index (χ0) is 20.5. The first kappa shape index (κ1) is 24.9. The summed E-state index contributed by atoms with van der Waals surface area (Å²) >= 11 is 6.00. The van der Waals surface area contributed by atoms with Crippen LogP contribution in [0.2, 0.25) is 5.02 Å². The van der Waals surface area contributed by atoms with Gasteiger partial charge in [0.05, 0.1) is 6.61 Å². The quantitative estimate of drug-likeness (QED) is 0.281. The molecule has 0 heterocycles. The molecule has 152 valence electrons. The third-order valence-electron chi connectivity index (χ3n) is 3.28. The van der Waals surface area contributed by atoms with Gasteiger partial charge >= 0.3 is 11.9 Å². The van der Waals surface area contributed by atoms with Crippen molar-refractivity contribution in [2.75, 3.05) is 33.4 Å². The van der Waals surface area contributed by atoms with Gasteiger partial charge in [0, 0.05) is 18.7 Å². The molecule has 0 saturated carbocycles. The molecule has 0 aliphatic carbocycles. The molecule has 1 aromatic carbocycles. The molecule has 0 unspecified atom stereocenters. The van der Waals surface area contributed by atoms with Crippen LogP contribution >= 0.6 is 11.6 Å². The van der Waals surface area contributed by atoms with Gasteiger partial charge < -0.3 is 25.0 Å². The maximum absolute atomic E-state index is 9.10. The fourth-order valence-electron chi connectivity index (χ4n) is 2.00. The highest BCUT2D eigenvalue weighted by Gasteiger charge is 2.04. The van der Waals surface area contributed by atoms with E-state index in [1.807, 2.05) is 24.3 Å². The lowest BCUT2D eigenvalue weighted by molar-refractivity contribution is -0.159. The maximum Gasteiger partial charge on any atom is 0.414 e. The van der Waals surface area contributed by atoms with Crippen molar-refractivity contribution < 1.29 is 29.3 Å². The zero-order valence-electron chi connectivity index (χ0n) is 15.6. The van der Waals surface area contributed by atoms with Crippen molar-refractivity contribution in [1.29, 1.82) is 0 Å². The Labute approximate surface area is 164 Å². The first-order valence-corrected chi connectivity index (χ1v) is 8.98. The number of aliphatic carboxylic acids is 2. The zero-order valence-corrected chi connectivity index (χ0v) is 16.3. The number of unbranched alkanes of at least 4 members (excludes halogenated alkanes) is 1. The second kappa shape index (κ2) is 16.1. The van der Waals surface area contributed by atoms with Crippen molar-refractivity contribution in [3.63, 3.8) is 0 Å².